The smallest absolute Gasteiger partial charge is 0.257 e. The quantitative estimate of drug-likeness (QED) is 0.790. The van der Waals surface area contributed by atoms with Gasteiger partial charge in [0.15, 0.2) is 0 Å². The number of nitrogens with zero attached hydrogens (tertiary/aromatic N) is 3. The summed E-state index contributed by atoms with van der Waals surface area (Å²) in [6.07, 6.45) is 2.92. The lowest BCUT2D eigenvalue weighted by molar-refractivity contribution is 0.0795. The number of aromatic nitrogens is 1. The normalized spacial score (nSPS) is 9.33. The van der Waals surface area contributed by atoms with Crippen LogP contribution in [0.5, 0.6) is 5.75 Å². The molecule has 0 aliphatic rings. The van der Waals surface area contributed by atoms with Gasteiger partial charge in [0.1, 0.15) is 5.75 Å². The summed E-state index contributed by atoms with van der Waals surface area (Å²) in [4.78, 5) is 16.8. The van der Waals surface area contributed by atoms with Gasteiger partial charge in [0.25, 0.3) is 5.91 Å². The molecule has 78 valence electrons. The molecule has 0 aliphatic carbocycles. The van der Waals surface area contributed by atoms with Gasteiger partial charge in [-0.2, -0.15) is 5.26 Å². The Bertz CT molecular complexity index is 398. The Morgan fingerprint density at radius 2 is 2.47 bits per heavy atom. The van der Waals surface area contributed by atoms with Crippen molar-refractivity contribution in [1.29, 1.82) is 5.26 Å². The van der Waals surface area contributed by atoms with Crippen LogP contribution in [0, 0.1) is 11.3 Å². The molecule has 1 N–H and O–H groups in total. The minimum Gasteiger partial charge on any atom is -0.505 e. The van der Waals surface area contributed by atoms with E-state index in [1.54, 1.807) is 7.05 Å². The van der Waals surface area contributed by atoms with Crippen LogP contribution < -0.4 is 0 Å². The van der Waals surface area contributed by atoms with Crippen LogP contribution in [0.25, 0.3) is 0 Å². The van der Waals surface area contributed by atoms with Crippen molar-refractivity contribution in [2.24, 2.45) is 0 Å². The number of carbonyl (C=O) groups excluding carboxylic acids is 1. The van der Waals surface area contributed by atoms with Gasteiger partial charge in [-0.05, 0) is 6.07 Å². The highest BCUT2D eigenvalue weighted by Crippen LogP contribution is 2.15. The van der Waals surface area contributed by atoms with E-state index in [0.29, 0.717) is 6.54 Å². The summed E-state index contributed by atoms with van der Waals surface area (Å²) in [5.74, 6) is -0.462. The molecule has 0 bridgehead atoms. The lowest BCUT2D eigenvalue weighted by Gasteiger charge is -2.15. The molecule has 1 aromatic heterocycles. The monoisotopic (exact) mass is 205 g/mol. The Balaban J connectivity index is 2.77. The van der Waals surface area contributed by atoms with Crippen LogP contribution >= 0.6 is 0 Å². The average molecular weight is 205 g/mol. The molecule has 5 nitrogen and oxygen atoms in total. The maximum absolute atomic E-state index is 11.7. The van der Waals surface area contributed by atoms with Crippen LogP contribution in [-0.2, 0) is 0 Å². The third-order valence-electron chi connectivity index (χ3n) is 1.94. The highest BCUT2D eigenvalue weighted by atomic mass is 16.3. The standard InChI is InChI=1S/C10H11N3O2/c1-13(6-2-4-11)10(15)8-3-5-12-7-9(8)14/h3,5,7,14H,2,6H2,1H3. The number of amides is 1. The Labute approximate surface area is 87.6 Å². The number of hydrogen-bond donors (Lipinski definition) is 1. The number of hydrogen-bond acceptors (Lipinski definition) is 4. The predicted octanol–water partition coefficient (Wildman–Crippen LogP) is 0.773. The SMILES string of the molecule is CN(CCC#N)C(=O)c1ccncc1O. The molecule has 0 aromatic carbocycles. The first-order valence-electron chi connectivity index (χ1n) is 4.42. The van der Waals surface area contributed by atoms with Crippen molar-refractivity contribution in [3.63, 3.8) is 0 Å². The maximum atomic E-state index is 11.7. The second-order valence-corrected chi connectivity index (χ2v) is 3.03. The number of aromatic hydroxyl groups is 1. The first-order valence-corrected chi connectivity index (χ1v) is 4.42. The first-order chi connectivity index (χ1) is 7.16. The van der Waals surface area contributed by atoms with Crippen molar-refractivity contribution in [3.8, 4) is 11.8 Å². The van der Waals surface area contributed by atoms with Crippen molar-refractivity contribution in [2.75, 3.05) is 13.6 Å². The van der Waals surface area contributed by atoms with E-state index in [1.165, 1.54) is 23.4 Å². The molecule has 1 aromatic rings. The summed E-state index contributed by atoms with van der Waals surface area (Å²) >= 11 is 0. The lowest BCUT2D eigenvalue weighted by atomic mass is 10.2. The van der Waals surface area contributed by atoms with Crippen LogP contribution in [0.1, 0.15) is 16.8 Å². The second-order valence-electron chi connectivity index (χ2n) is 3.03. The third kappa shape index (κ3) is 2.68. The van der Waals surface area contributed by atoms with E-state index in [4.69, 9.17) is 5.26 Å². The molecule has 0 atom stereocenters. The molecular formula is C10H11N3O2. The van der Waals surface area contributed by atoms with Gasteiger partial charge in [0, 0.05) is 19.8 Å². The number of pyridine rings is 1. The molecule has 0 saturated carbocycles. The van der Waals surface area contributed by atoms with Crippen LogP contribution in [0.2, 0.25) is 0 Å². The van der Waals surface area contributed by atoms with E-state index in [0.717, 1.165) is 0 Å². The first kappa shape index (κ1) is 11.0. The fraction of sp³-hybridized carbons (Fsp3) is 0.300. The van der Waals surface area contributed by atoms with Gasteiger partial charge in [-0.3, -0.25) is 9.78 Å². The fourth-order valence-corrected chi connectivity index (χ4v) is 1.09. The van der Waals surface area contributed by atoms with Gasteiger partial charge in [0.2, 0.25) is 0 Å². The largest absolute Gasteiger partial charge is 0.505 e. The molecular weight excluding hydrogens is 194 g/mol. The minimum absolute atomic E-state index is 0.147. The molecule has 1 rings (SSSR count). The Hall–Kier alpha value is -2.09. The molecule has 15 heavy (non-hydrogen) atoms. The third-order valence-corrected chi connectivity index (χ3v) is 1.94. The van der Waals surface area contributed by atoms with Crippen LogP contribution in [-0.4, -0.2) is 34.5 Å². The van der Waals surface area contributed by atoms with Crippen molar-refractivity contribution >= 4 is 5.91 Å². The van der Waals surface area contributed by atoms with Crippen molar-refractivity contribution in [1.82, 2.24) is 9.88 Å². The van der Waals surface area contributed by atoms with Crippen LogP contribution in [0.3, 0.4) is 0 Å². The van der Waals surface area contributed by atoms with E-state index in [9.17, 15) is 9.90 Å². The molecule has 5 heteroatoms. The molecule has 0 aliphatic heterocycles. The molecule has 0 fully saturated rings. The van der Waals surface area contributed by atoms with E-state index >= 15 is 0 Å². The molecule has 0 spiro atoms. The zero-order chi connectivity index (χ0) is 11.3. The molecule has 0 saturated heterocycles. The fourth-order valence-electron chi connectivity index (χ4n) is 1.09. The van der Waals surface area contributed by atoms with Crippen molar-refractivity contribution in [3.05, 3.63) is 24.0 Å². The summed E-state index contributed by atoms with van der Waals surface area (Å²) in [6.45, 7) is 0.344. The summed E-state index contributed by atoms with van der Waals surface area (Å²) in [5, 5.41) is 17.8. The van der Waals surface area contributed by atoms with Gasteiger partial charge < -0.3 is 10.0 Å². The predicted molar refractivity (Wildman–Crippen MR) is 53.1 cm³/mol. The van der Waals surface area contributed by atoms with E-state index in [2.05, 4.69) is 4.98 Å². The van der Waals surface area contributed by atoms with Gasteiger partial charge in [-0.1, -0.05) is 0 Å². The van der Waals surface area contributed by atoms with Crippen molar-refractivity contribution < 1.29 is 9.90 Å². The molecule has 1 amide bonds. The highest BCUT2D eigenvalue weighted by molar-refractivity contribution is 5.96. The van der Waals surface area contributed by atoms with Gasteiger partial charge >= 0.3 is 0 Å². The second kappa shape index (κ2) is 4.96. The zero-order valence-corrected chi connectivity index (χ0v) is 8.34. The lowest BCUT2D eigenvalue weighted by Crippen LogP contribution is -2.27. The van der Waals surface area contributed by atoms with Crippen molar-refractivity contribution in [2.45, 2.75) is 6.42 Å². The number of carbonyl (C=O) groups is 1. The minimum atomic E-state index is -0.315. The van der Waals surface area contributed by atoms with Gasteiger partial charge in [-0.25, -0.2) is 0 Å². The Kier molecular flexibility index (Phi) is 3.63. The molecule has 0 unspecified atom stereocenters. The van der Waals surface area contributed by atoms with E-state index < -0.39 is 0 Å². The highest BCUT2D eigenvalue weighted by Gasteiger charge is 2.14. The average Bonchev–Trinajstić information content (AvgIpc) is 2.25. The van der Waals surface area contributed by atoms with Crippen LogP contribution in [0.15, 0.2) is 18.5 Å². The summed E-state index contributed by atoms with van der Waals surface area (Å²) in [7, 11) is 1.58. The summed E-state index contributed by atoms with van der Waals surface area (Å²) in [6, 6.07) is 3.40. The van der Waals surface area contributed by atoms with E-state index in [-0.39, 0.29) is 23.6 Å². The van der Waals surface area contributed by atoms with Crippen LogP contribution in [0.4, 0.5) is 0 Å². The topological polar surface area (TPSA) is 77.2 Å². The number of rotatable bonds is 3. The number of nitriles is 1. The zero-order valence-electron chi connectivity index (χ0n) is 8.34. The Morgan fingerprint density at radius 1 is 1.73 bits per heavy atom. The van der Waals surface area contributed by atoms with Gasteiger partial charge in [-0.15, -0.1) is 0 Å². The van der Waals surface area contributed by atoms with E-state index in [1.807, 2.05) is 6.07 Å². The van der Waals surface area contributed by atoms with Gasteiger partial charge in [0.05, 0.1) is 24.3 Å². The Morgan fingerprint density at radius 3 is 3.07 bits per heavy atom. The summed E-state index contributed by atoms with van der Waals surface area (Å²) in [5.41, 5.74) is 0.199. The summed E-state index contributed by atoms with van der Waals surface area (Å²) < 4.78 is 0. The molecule has 1 heterocycles. The maximum Gasteiger partial charge on any atom is 0.257 e. The molecule has 0 radical (unpaired) electrons.